The Bertz CT molecular complexity index is 902. The molecule has 3 rings (SSSR count). The average molecular weight is 440 g/mol. The summed E-state index contributed by atoms with van der Waals surface area (Å²) in [6, 6.07) is 17.5. The Morgan fingerprint density at radius 2 is 1.53 bits per heavy atom. The fourth-order valence-electron chi connectivity index (χ4n) is 3.27. The standard InChI is InChI=1S/C24H28N2O6/c1-16-20(25-23(29)32-24(2,3)4)22(28)26(16)30-15-19(27)31-21(17-11-7-5-8-12-17)18-13-9-6-10-14-18/h5-14,16,20-21H,15H2,1-4H3,(H,25,29)/t16-,20-/m0/s1. The minimum atomic E-state index is -0.776. The van der Waals surface area contributed by atoms with Gasteiger partial charge in [-0.2, -0.15) is 0 Å². The predicted molar refractivity (Wildman–Crippen MR) is 116 cm³/mol. The number of hydrogen-bond acceptors (Lipinski definition) is 6. The number of nitrogens with one attached hydrogen (secondary N) is 1. The molecule has 170 valence electrons. The van der Waals surface area contributed by atoms with Gasteiger partial charge in [-0.05, 0) is 38.8 Å². The Morgan fingerprint density at radius 1 is 1.00 bits per heavy atom. The van der Waals surface area contributed by atoms with Gasteiger partial charge in [-0.3, -0.25) is 9.63 Å². The van der Waals surface area contributed by atoms with Crippen LogP contribution in [-0.2, 0) is 23.9 Å². The van der Waals surface area contributed by atoms with E-state index in [1.165, 1.54) is 0 Å². The van der Waals surface area contributed by atoms with Crippen molar-refractivity contribution in [1.29, 1.82) is 0 Å². The molecule has 0 aliphatic carbocycles. The summed E-state index contributed by atoms with van der Waals surface area (Å²) < 4.78 is 10.8. The maximum Gasteiger partial charge on any atom is 0.408 e. The van der Waals surface area contributed by atoms with Gasteiger partial charge in [0.15, 0.2) is 12.7 Å². The largest absolute Gasteiger partial charge is 0.451 e. The lowest BCUT2D eigenvalue weighted by Crippen LogP contribution is -2.69. The van der Waals surface area contributed by atoms with Crippen LogP contribution in [0.4, 0.5) is 4.79 Å². The van der Waals surface area contributed by atoms with E-state index in [-0.39, 0.29) is 0 Å². The normalized spacial score (nSPS) is 18.2. The quantitative estimate of drug-likeness (QED) is 0.524. The minimum Gasteiger partial charge on any atom is -0.451 e. The van der Waals surface area contributed by atoms with Gasteiger partial charge >= 0.3 is 12.1 Å². The smallest absolute Gasteiger partial charge is 0.408 e. The molecule has 1 aliphatic heterocycles. The number of amides is 2. The zero-order valence-corrected chi connectivity index (χ0v) is 18.6. The molecule has 0 spiro atoms. The van der Waals surface area contributed by atoms with Crippen LogP contribution in [0.3, 0.4) is 0 Å². The lowest BCUT2D eigenvalue weighted by molar-refractivity contribution is -0.234. The van der Waals surface area contributed by atoms with Gasteiger partial charge in [-0.15, -0.1) is 0 Å². The lowest BCUT2D eigenvalue weighted by Gasteiger charge is -2.43. The van der Waals surface area contributed by atoms with Crippen LogP contribution in [0.25, 0.3) is 0 Å². The van der Waals surface area contributed by atoms with Crippen LogP contribution in [0.1, 0.15) is 44.9 Å². The van der Waals surface area contributed by atoms with Gasteiger partial charge in [-0.25, -0.2) is 14.7 Å². The molecule has 1 heterocycles. The zero-order valence-electron chi connectivity index (χ0n) is 18.6. The molecule has 2 aromatic rings. The molecule has 1 saturated heterocycles. The first-order valence-corrected chi connectivity index (χ1v) is 10.4. The number of benzene rings is 2. The first-order chi connectivity index (χ1) is 15.2. The molecule has 0 bridgehead atoms. The van der Waals surface area contributed by atoms with Gasteiger partial charge in [0.1, 0.15) is 11.6 Å². The van der Waals surface area contributed by atoms with Gasteiger partial charge in [0.05, 0.1) is 6.04 Å². The van der Waals surface area contributed by atoms with Crippen molar-refractivity contribution >= 4 is 18.0 Å². The van der Waals surface area contributed by atoms with Crippen LogP contribution < -0.4 is 5.32 Å². The molecule has 0 radical (unpaired) electrons. The Labute approximate surface area is 187 Å². The SMILES string of the molecule is C[C@H]1[C@H](NC(=O)OC(C)(C)C)C(=O)N1OCC(=O)OC(c1ccccc1)c1ccccc1. The van der Waals surface area contributed by atoms with Crippen molar-refractivity contribution in [2.75, 3.05) is 6.61 Å². The molecule has 2 aromatic carbocycles. The minimum absolute atomic E-state index is 0.439. The summed E-state index contributed by atoms with van der Waals surface area (Å²) in [6.45, 7) is 6.46. The molecule has 8 nitrogen and oxygen atoms in total. The Kier molecular flexibility index (Phi) is 7.15. The van der Waals surface area contributed by atoms with Crippen molar-refractivity contribution < 1.29 is 28.7 Å². The molecule has 0 saturated carbocycles. The molecule has 1 N–H and O–H groups in total. The Morgan fingerprint density at radius 3 is 2.00 bits per heavy atom. The first kappa shape index (κ1) is 23.3. The molecular weight excluding hydrogens is 412 g/mol. The highest BCUT2D eigenvalue weighted by Gasteiger charge is 2.47. The van der Waals surface area contributed by atoms with E-state index in [0.717, 1.165) is 16.2 Å². The summed E-state index contributed by atoms with van der Waals surface area (Å²) in [5, 5.41) is 3.58. The topological polar surface area (TPSA) is 94.2 Å². The second-order valence-corrected chi connectivity index (χ2v) is 8.49. The number of rotatable bonds is 7. The van der Waals surface area contributed by atoms with Gasteiger partial charge < -0.3 is 14.8 Å². The number of β-lactam (4-membered cyclic amide) rings is 1. The van der Waals surface area contributed by atoms with E-state index in [1.807, 2.05) is 60.7 Å². The summed E-state index contributed by atoms with van der Waals surface area (Å²) in [7, 11) is 0. The van der Waals surface area contributed by atoms with Gasteiger partial charge in [0.2, 0.25) is 0 Å². The van der Waals surface area contributed by atoms with Crippen LogP contribution >= 0.6 is 0 Å². The summed E-state index contributed by atoms with van der Waals surface area (Å²) in [5.74, 6) is -1.08. The molecule has 0 unspecified atom stereocenters. The number of carbonyl (C=O) groups excluding carboxylic acids is 3. The van der Waals surface area contributed by atoms with Crippen molar-refractivity contribution in [3.8, 4) is 0 Å². The maximum atomic E-state index is 12.5. The highest BCUT2D eigenvalue weighted by atomic mass is 16.7. The molecule has 1 aliphatic rings. The zero-order chi connectivity index (χ0) is 23.3. The first-order valence-electron chi connectivity index (χ1n) is 10.4. The Balaban J connectivity index is 1.55. The number of ether oxygens (including phenoxy) is 2. The Hall–Kier alpha value is -3.39. The number of nitrogens with zero attached hydrogens (tertiary/aromatic N) is 1. The molecule has 32 heavy (non-hydrogen) atoms. The van der Waals surface area contributed by atoms with Crippen LogP contribution in [0.15, 0.2) is 60.7 Å². The second kappa shape index (κ2) is 9.82. The van der Waals surface area contributed by atoms with Gasteiger partial charge in [0.25, 0.3) is 5.91 Å². The highest BCUT2D eigenvalue weighted by molar-refractivity contribution is 5.91. The summed E-state index contributed by atoms with van der Waals surface area (Å²) >= 11 is 0. The number of alkyl carbamates (subject to hydrolysis) is 1. The summed E-state index contributed by atoms with van der Waals surface area (Å²) in [4.78, 5) is 42.1. The van der Waals surface area contributed by atoms with Crippen LogP contribution in [0.2, 0.25) is 0 Å². The fraction of sp³-hybridized carbons (Fsp3) is 0.375. The number of hydroxylamine groups is 2. The molecule has 1 fully saturated rings. The van der Waals surface area contributed by atoms with Crippen molar-refractivity contribution in [1.82, 2.24) is 10.4 Å². The van der Waals surface area contributed by atoms with Gasteiger partial charge in [0, 0.05) is 0 Å². The van der Waals surface area contributed by atoms with Crippen molar-refractivity contribution in [2.45, 2.75) is 51.5 Å². The number of carbonyl (C=O) groups is 3. The fourth-order valence-corrected chi connectivity index (χ4v) is 3.27. The van der Waals surface area contributed by atoms with E-state index in [4.69, 9.17) is 14.3 Å². The van der Waals surface area contributed by atoms with E-state index < -0.39 is 48.4 Å². The molecular formula is C24H28N2O6. The average Bonchev–Trinajstić information content (AvgIpc) is 2.76. The summed E-state index contributed by atoms with van der Waals surface area (Å²) in [6.07, 6.45) is -1.28. The van der Waals surface area contributed by atoms with E-state index in [9.17, 15) is 14.4 Å². The third-order valence-corrected chi connectivity index (χ3v) is 4.78. The maximum absolute atomic E-state index is 12.5. The third kappa shape index (κ3) is 5.85. The van der Waals surface area contributed by atoms with Crippen molar-refractivity contribution in [3.05, 3.63) is 71.8 Å². The predicted octanol–water partition coefficient (Wildman–Crippen LogP) is 3.37. The van der Waals surface area contributed by atoms with Gasteiger partial charge in [-0.1, -0.05) is 60.7 Å². The lowest BCUT2D eigenvalue weighted by atomic mass is 10.0. The van der Waals surface area contributed by atoms with Crippen molar-refractivity contribution in [3.63, 3.8) is 0 Å². The highest BCUT2D eigenvalue weighted by Crippen LogP contribution is 2.26. The number of esters is 1. The third-order valence-electron chi connectivity index (χ3n) is 4.78. The number of hydrogen-bond donors (Lipinski definition) is 1. The van der Waals surface area contributed by atoms with Crippen LogP contribution in [0.5, 0.6) is 0 Å². The van der Waals surface area contributed by atoms with Crippen LogP contribution in [-0.4, -0.2) is 47.3 Å². The van der Waals surface area contributed by atoms with E-state index in [1.54, 1.807) is 27.7 Å². The second-order valence-electron chi connectivity index (χ2n) is 8.49. The van der Waals surface area contributed by atoms with E-state index >= 15 is 0 Å². The van der Waals surface area contributed by atoms with E-state index in [0.29, 0.717) is 0 Å². The monoisotopic (exact) mass is 440 g/mol. The van der Waals surface area contributed by atoms with E-state index in [2.05, 4.69) is 5.32 Å². The summed E-state index contributed by atoms with van der Waals surface area (Å²) in [5.41, 5.74) is 0.970. The molecule has 8 heteroatoms. The molecule has 0 aromatic heterocycles. The molecule has 2 amide bonds. The van der Waals surface area contributed by atoms with Crippen LogP contribution in [0, 0.1) is 0 Å². The van der Waals surface area contributed by atoms with Crippen molar-refractivity contribution in [2.24, 2.45) is 0 Å². The molecule has 2 atom stereocenters.